The first-order valence-electron chi connectivity index (χ1n) is 8.85. The van der Waals surface area contributed by atoms with Gasteiger partial charge in [0.05, 0.1) is 0 Å². The molecular formula is C19H25FN2O2. The van der Waals surface area contributed by atoms with Gasteiger partial charge in [-0.2, -0.15) is 0 Å². The third-order valence-corrected chi connectivity index (χ3v) is 5.31. The molecule has 130 valence electrons. The molecule has 2 fully saturated rings. The predicted molar refractivity (Wildman–Crippen MR) is 89.8 cm³/mol. The average Bonchev–Trinajstić information content (AvgIpc) is 3.02. The molecule has 24 heavy (non-hydrogen) atoms. The lowest BCUT2D eigenvalue weighted by atomic mass is 9.94. The molecule has 2 heterocycles. The molecule has 0 saturated carbocycles. The van der Waals surface area contributed by atoms with E-state index in [4.69, 9.17) is 0 Å². The van der Waals surface area contributed by atoms with Crippen molar-refractivity contribution in [2.45, 2.75) is 45.1 Å². The molecule has 0 aromatic heterocycles. The molecule has 0 aliphatic carbocycles. The molecule has 1 aromatic carbocycles. The van der Waals surface area contributed by atoms with Crippen LogP contribution in [-0.2, 0) is 16.0 Å². The van der Waals surface area contributed by atoms with E-state index >= 15 is 0 Å². The highest BCUT2D eigenvalue weighted by Crippen LogP contribution is 2.27. The number of halogens is 1. The van der Waals surface area contributed by atoms with Gasteiger partial charge in [-0.1, -0.05) is 12.1 Å². The Kier molecular flexibility index (Phi) is 5.17. The Morgan fingerprint density at radius 3 is 2.58 bits per heavy atom. The minimum Gasteiger partial charge on any atom is -0.343 e. The fraction of sp³-hybridized carbons (Fsp3) is 0.579. The molecule has 2 aliphatic rings. The number of likely N-dealkylation sites (tertiary alicyclic amines) is 2. The summed E-state index contributed by atoms with van der Waals surface area (Å²) in [5.41, 5.74) is 0.950. The minimum atomic E-state index is -0.222. The molecule has 2 amide bonds. The van der Waals surface area contributed by atoms with Gasteiger partial charge in [0.15, 0.2) is 0 Å². The number of hydrogen-bond acceptors (Lipinski definition) is 2. The number of piperidine rings is 1. The van der Waals surface area contributed by atoms with E-state index in [1.54, 1.807) is 19.1 Å². The SMILES string of the molecule is CC(=O)N1CCC(C(=O)N2CCC[C@H]2Cc2cccc(F)c2)CC1. The van der Waals surface area contributed by atoms with E-state index in [2.05, 4.69) is 0 Å². The fourth-order valence-electron chi connectivity index (χ4n) is 3.95. The van der Waals surface area contributed by atoms with Gasteiger partial charge in [0.1, 0.15) is 5.82 Å². The standard InChI is InChI=1S/C19H25FN2O2/c1-14(23)21-10-7-16(8-11-21)19(24)22-9-3-6-18(22)13-15-4-2-5-17(20)12-15/h2,4-5,12,16,18H,3,6-11,13H2,1H3/t18-/m0/s1. The lowest BCUT2D eigenvalue weighted by molar-refractivity contribution is -0.140. The maximum absolute atomic E-state index is 13.4. The Balaban J connectivity index is 1.61. The van der Waals surface area contributed by atoms with E-state index < -0.39 is 0 Å². The second-order valence-corrected chi connectivity index (χ2v) is 6.94. The van der Waals surface area contributed by atoms with Crippen LogP contribution in [0.25, 0.3) is 0 Å². The number of amides is 2. The van der Waals surface area contributed by atoms with Crippen LogP contribution in [0.4, 0.5) is 4.39 Å². The maximum Gasteiger partial charge on any atom is 0.226 e. The predicted octanol–water partition coefficient (Wildman–Crippen LogP) is 2.62. The highest BCUT2D eigenvalue weighted by molar-refractivity contribution is 5.80. The van der Waals surface area contributed by atoms with Gasteiger partial charge < -0.3 is 9.80 Å². The van der Waals surface area contributed by atoms with Crippen molar-refractivity contribution in [2.24, 2.45) is 5.92 Å². The Morgan fingerprint density at radius 2 is 1.92 bits per heavy atom. The topological polar surface area (TPSA) is 40.6 Å². The van der Waals surface area contributed by atoms with Crippen molar-refractivity contribution < 1.29 is 14.0 Å². The minimum absolute atomic E-state index is 0.0220. The summed E-state index contributed by atoms with van der Waals surface area (Å²) < 4.78 is 13.4. The summed E-state index contributed by atoms with van der Waals surface area (Å²) in [4.78, 5) is 28.1. The average molecular weight is 332 g/mol. The molecule has 1 atom stereocenters. The number of carbonyl (C=O) groups is 2. The normalized spacial score (nSPS) is 22.0. The monoisotopic (exact) mass is 332 g/mol. The zero-order valence-electron chi connectivity index (χ0n) is 14.2. The molecule has 2 saturated heterocycles. The van der Waals surface area contributed by atoms with Gasteiger partial charge in [0.25, 0.3) is 0 Å². The Hall–Kier alpha value is -1.91. The highest BCUT2D eigenvalue weighted by atomic mass is 19.1. The highest BCUT2D eigenvalue weighted by Gasteiger charge is 2.35. The molecule has 3 rings (SSSR count). The van der Waals surface area contributed by atoms with Gasteiger partial charge in [0, 0.05) is 38.5 Å². The first kappa shape index (κ1) is 16.9. The van der Waals surface area contributed by atoms with Crippen LogP contribution in [0.2, 0.25) is 0 Å². The molecule has 1 aromatic rings. The van der Waals surface area contributed by atoms with Crippen molar-refractivity contribution >= 4 is 11.8 Å². The van der Waals surface area contributed by atoms with Gasteiger partial charge in [-0.15, -0.1) is 0 Å². The quantitative estimate of drug-likeness (QED) is 0.854. The van der Waals surface area contributed by atoms with Crippen LogP contribution in [0.1, 0.15) is 38.2 Å². The largest absolute Gasteiger partial charge is 0.343 e. The van der Waals surface area contributed by atoms with Crippen molar-refractivity contribution in [3.63, 3.8) is 0 Å². The molecule has 4 nitrogen and oxygen atoms in total. The van der Waals surface area contributed by atoms with E-state index in [1.165, 1.54) is 6.07 Å². The number of rotatable bonds is 3. The number of nitrogens with zero attached hydrogens (tertiary/aromatic N) is 2. The first-order chi connectivity index (χ1) is 11.5. The molecule has 2 aliphatic heterocycles. The van der Waals surface area contributed by atoms with E-state index in [0.29, 0.717) is 13.1 Å². The fourth-order valence-corrected chi connectivity index (χ4v) is 3.95. The van der Waals surface area contributed by atoms with Crippen LogP contribution in [0, 0.1) is 11.7 Å². The van der Waals surface area contributed by atoms with Gasteiger partial charge >= 0.3 is 0 Å². The lowest BCUT2D eigenvalue weighted by Gasteiger charge is -2.34. The number of hydrogen-bond donors (Lipinski definition) is 0. The van der Waals surface area contributed by atoms with Crippen molar-refractivity contribution in [1.29, 1.82) is 0 Å². The molecule has 5 heteroatoms. The second-order valence-electron chi connectivity index (χ2n) is 6.94. The summed E-state index contributed by atoms with van der Waals surface area (Å²) in [7, 11) is 0. The maximum atomic E-state index is 13.4. The lowest BCUT2D eigenvalue weighted by Crippen LogP contribution is -2.45. The van der Waals surface area contributed by atoms with Gasteiger partial charge in [-0.25, -0.2) is 4.39 Å². The van der Waals surface area contributed by atoms with Crippen LogP contribution >= 0.6 is 0 Å². The van der Waals surface area contributed by atoms with E-state index in [1.807, 2.05) is 15.9 Å². The Morgan fingerprint density at radius 1 is 1.17 bits per heavy atom. The van der Waals surface area contributed by atoms with E-state index in [9.17, 15) is 14.0 Å². The zero-order chi connectivity index (χ0) is 17.1. The van der Waals surface area contributed by atoms with Crippen LogP contribution in [0.5, 0.6) is 0 Å². The third kappa shape index (κ3) is 3.77. The summed E-state index contributed by atoms with van der Waals surface area (Å²) in [6, 6.07) is 6.83. The van der Waals surface area contributed by atoms with E-state index in [-0.39, 0.29) is 29.6 Å². The zero-order valence-corrected chi connectivity index (χ0v) is 14.2. The Labute approximate surface area is 142 Å². The molecule has 0 spiro atoms. The van der Waals surface area contributed by atoms with Crippen molar-refractivity contribution in [3.05, 3.63) is 35.6 Å². The molecule has 0 N–H and O–H groups in total. The van der Waals surface area contributed by atoms with E-state index in [0.717, 1.165) is 44.2 Å². The smallest absolute Gasteiger partial charge is 0.226 e. The van der Waals surface area contributed by atoms with Crippen molar-refractivity contribution in [3.8, 4) is 0 Å². The Bertz CT molecular complexity index is 611. The summed E-state index contributed by atoms with van der Waals surface area (Å²) in [6.45, 7) is 3.73. The van der Waals surface area contributed by atoms with Crippen molar-refractivity contribution in [1.82, 2.24) is 9.80 Å². The van der Waals surface area contributed by atoms with Gasteiger partial charge in [-0.05, 0) is 49.8 Å². The van der Waals surface area contributed by atoms with Gasteiger partial charge in [0.2, 0.25) is 11.8 Å². The summed E-state index contributed by atoms with van der Waals surface area (Å²) in [5, 5.41) is 0. The van der Waals surface area contributed by atoms with Crippen LogP contribution in [-0.4, -0.2) is 47.3 Å². The molecular weight excluding hydrogens is 307 g/mol. The third-order valence-electron chi connectivity index (χ3n) is 5.31. The van der Waals surface area contributed by atoms with Crippen LogP contribution in [0.3, 0.4) is 0 Å². The molecule has 0 unspecified atom stereocenters. The molecule has 0 radical (unpaired) electrons. The second kappa shape index (κ2) is 7.32. The molecule has 0 bridgehead atoms. The number of carbonyl (C=O) groups excluding carboxylic acids is 2. The first-order valence-corrected chi connectivity index (χ1v) is 8.85. The summed E-state index contributed by atoms with van der Waals surface area (Å²) >= 11 is 0. The summed E-state index contributed by atoms with van der Waals surface area (Å²) in [5.74, 6) is 0.108. The van der Waals surface area contributed by atoms with Crippen molar-refractivity contribution in [2.75, 3.05) is 19.6 Å². The van der Waals surface area contributed by atoms with Gasteiger partial charge in [-0.3, -0.25) is 9.59 Å². The van der Waals surface area contributed by atoms with Crippen LogP contribution in [0.15, 0.2) is 24.3 Å². The van der Waals surface area contributed by atoms with Crippen LogP contribution < -0.4 is 0 Å². The number of benzene rings is 1. The summed E-state index contributed by atoms with van der Waals surface area (Å²) in [6.07, 6.45) is 4.21.